The van der Waals surface area contributed by atoms with Crippen molar-refractivity contribution in [1.82, 2.24) is 5.32 Å². The van der Waals surface area contributed by atoms with Crippen molar-refractivity contribution in [2.45, 2.75) is 13.0 Å². The molecule has 0 saturated carbocycles. The second-order valence-electron chi connectivity index (χ2n) is 5.57. The van der Waals surface area contributed by atoms with E-state index >= 15 is 0 Å². The van der Waals surface area contributed by atoms with Crippen LogP contribution in [0.5, 0.6) is 17.2 Å². The van der Waals surface area contributed by atoms with Gasteiger partial charge in [-0.05, 0) is 58.8 Å². The standard InChI is InChI=1S/C20H22BrNO4/c1-13(15-6-9-18(25-3)17(21)11-15)22-20(23)10-7-14-5-8-16(24-2)12-19(14)26-4/h5-13H,1-4H3,(H,22,23)/b10-7+/t13-/m0/s1. The van der Waals surface area contributed by atoms with E-state index in [4.69, 9.17) is 14.2 Å². The van der Waals surface area contributed by atoms with Crippen LogP contribution in [0.25, 0.3) is 6.08 Å². The summed E-state index contributed by atoms with van der Waals surface area (Å²) >= 11 is 3.45. The number of carbonyl (C=O) groups excluding carboxylic acids is 1. The molecule has 0 saturated heterocycles. The van der Waals surface area contributed by atoms with Crippen LogP contribution in [0.15, 0.2) is 46.9 Å². The number of benzene rings is 2. The van der Waals surface area contributed by atoms with Crippen LogP contribution in [-0.2, 0) is 4.79 Å². The molecule has 0 aliphatic heterocycles. The van der Waals surface area contributed by atoms with Crippen molar-refractivity contribution >= 4 is 27.9 Å². The number of hydrogen-bond donors (Lipinski definition) is 1. The minimum absolute atomic E-state index is 0.146. The summed E-state index contributed by atoms with van der Waals surface area (Å²) in [6.45, 7) is 1.92. The van der Waals surface area contributed by atoms with Gasteiger partial charge >= 0.3 is 0 Å². The van der Waals surface area contributed by atoms with Crippen LogP contribution in [-0.4, -0.2) is 27.2 Å². The molecule has 1 atom stereocenters. The Morgan fingerprint density at radius 3 is 2.38 bits per heavy atom. The molecular formula is C20H22BrNO4. The maximum atomic E-state index is 12.2. The van der Waals surface area contributed by atoms with Gasteiger partial charge in [0.05, 0.1) is 31.8 Å². The first kappa shape index (κ1) is 19.8. The fraction of sp³-hybridized carbons (Fsp3) is 0.250. The van der Waals surface area contributed by atoms with Crippen LogP contribution < -0.4 is 19.5 Å². The van der Waals surface area contributed by atoms with Crippen molar-refractivity contribution < 1.29 is 19.0 Å². The molecule has 0 aromatic heterocycles. The van der Waals surface area contributed by atoms with Crippen molar-refractivity contribution in [3.05, 3.63) is 58.1 Å². The van der Waals surface area contributed by atoms with E-state index in [1.54, 1.807) is 33.5 Å². The molecule has 6 heteroatoms. The van der Waals surface area contributed by atoms with Gasteiger partial charge in [0.2, 0.25) is 5.91 Å². The first-order valence-corrected chi connectivity index (χ1v) is 8.81. The summed E-state index contributed by atoms with van der Waals surface area (Å²) in [7, 11) is 4.79. The van der Waals surface area contributed by atoms with E-state index in [1.165, 1.54) is 6.08 Å². The van der Waals surface area contributed by atoms with E-state index in [1.807, 2.05) is 37.3 Å². The minimum Gasteiger partial charge on any atom is -0.497 e. The number of amides is 1. The molecule has 1 N–H and O–H groups in total. The highest BCUT2D eigenvalue weighted by atomic mass is 79.9. The lowest BCUT2D eigenvalue weighted by atomic mass is 10.1. The Balaban J connectivity index is 2.06. The molecule has 0 unspecified atom stereocenters. The monoisotopic (exact) mass is 419 g/mol. The highest BCUT2D eigenvalue weighted by molar-refractivity contribution is 9.10. The zero-order chi connectivity index (χ0) is 19.1. The highest BCUT2D eigenvalue weighted by Gasteiger charge is 2.10. The van der Waals surface area contributed by atoms with Crippen LogP contribution in [0, 0.1) is 0 Å². The highest BCUT2D eigenvalue weighted by Crippen LogP contribution is 2.28. The lowest BCUT2D eigenvalue weighted by molar-refractivity contribution is -0.117. The molecule has 0 heterocycles. The van der Waals surface area contributed by atoms with Gasteiger partial charge in [0.1, 0.15) is 17.2 Å². The molecule has 0 bridgehead atoms. The Bertz CT molecular complexity index is 804. The third-order valence-electron chi connectivity index (χ3n) is 3.89. The topological polar surface area (TPSA) is 56.8 Å². The molecule has 0 spiro atoms. The third kappa shape index (κ3) is 5.02. The van der Waals surface area contributed by atoms with E-state index in [2.05, 4.69) is 21.2 Å². The number of rotatable bonds is 7. The number of nitrogens with one attached hydrogen (secondary N) is 1. The largest absolute Gasteiger partial charge is 0.497 e. The molecule has 0 radical (unpaired) electrons. The zero-order valence-electron chi connectivity index (χ0n) is 15.2. The van der Waals surface area contributed by atoms with Crippen LogP contribution in [0.2, 0.25) is 0 Å². The van der Waals surface area contributed by atoms with Gasteiger partial charge in [0.15, 0.2) is 0 Å². The quantitative estimate of drug-likeness (QED) is 0.677. The number of ether oxygens (including phenoxy) is 3. The maximum Gasteiger partial charge on any atom is 0.244 e. The Morgan fingerprint density at radius 2 is 1.77 bits per heavy atom. The number of hydrogen-bond acceptors (Lipinski definition) is 4. The smallest absolute Gasteiger partial charge is 0.244 e. The fourth-order valence-corrected chi connectivity index (χ4v) is 2.98. The third-order valence-corrected chi connectivity index (χ3v) is 4.51. The van der Waals surface area contributed by atoms with Gasteiger partial charge in [0, 0.05) is 17.7 Å². The summed E-state index contributed by atoms with van der Waals surface area (Å²) in [6, 6.07) is 11.0. The number of carbonyl (C=O) groups is 1. The van der Waals surface area contributed by atoms with Crippen LogP contribution in [0.3, 0.4) is 0 Å². The van der Waals surface area contributed by atoms with E-state index in [-0.39, 0.29) is 11.9 Å². The summed E-state index contributed by atoms with van der Waals surface area (Å²) < 4.78 is 16.6. The Morgan fingerprint density at radius 1 is 1.04 bits per heavy atom. The van der Waals surface area contributed by atoms with Crippen molar-refractivity contribution in [3.63, 3.8) is 0 Å². The van der Waals surface area contributed by atoms with Gasteiger partial charge in [-0.25, -0.2) is 0 Å². The van der Waals surface area contributed by atoms with Crippen LogP contribution in [0.4, 0.5) is 0 Å². The number of halogens is 1. The first-order valence-electron chi connectivity index (χ1n) is 8.02. The summed E-state index contributed by atoms with van der Waals surface area (Å²) in [5.41, 5.74) is 1.77. The summed E-state index contributed by atoms with van der Waals surface area (Å²) in [4.78, 5) is 12.2. The van der Waals surface area contributed by atoms with E-state index < -0.39 is 0 Å². The van der Waals surface area contributed by atoms with Crippen molar-refractivity contribution in [3.8, 4) is 17.2 Å². The Hall–Kier alpha value is -2.47. The molecule has 1 amide bonds. The average molecular weight is 420 g/mol. The normalized spacial score (nSPS) is 11.9. The predicted octanol–water partition coefficient (Wildman–Crippen LogP) is 4.37. The van der Waals surface area contributed by atoms with E-state index in [0.29, 0.717) is 11.5 Å². The fourth-order valence-electron chi connectivity index (χ4n) is 2.42. The molecule has 0 fully saturated rings. The molecule has 0 aliphatic rings. The van der Waals surface area contributed by atoms with Gasteiger partial charge in [-0.3, -0.25) is 4.79 Å². The van der Waals surface area contributed by atoms with E-state index in [9.17, 15) is 4.79 Å². The molecule has 2 rings (SSSR count). The van der Waals surface area contributed by atoms with Gasteiger partial charge in [0.25, 0.3) is 0 Å². The molecule has 138 valence electrons. The lowest BCUT2D eigenvalue weighted by Crippen LogP contribution is -2.24. The zero-order valence-corrected chi connectivity index (χ0v) is 16.8. The van der Waals surface area contributed by atoms with Gasteiger partial charge in [-0.15, -0.1) is 0 Å². The Labute approximate surface area is 162 Å². The minimum atomic E-state index is -0.192. The molecular weight excluding hydrogens is 398 g/mol. The van der Waals surface area contributed by atoms with Gasteiger partial charge in [-0.2, -0.15) is 0 Å². The number of methoxy groups -OCH3 is 3. The molecule has 2 aromatic carbocycles. The summed E-state index contributed by atoms with van der Waals surface area (Å²) in [5.74, 6) is 1.89. The molecule has 0 aliphatic carbocycles. The second kappa shape index (κ2) is 9.29. The molecule has 5 nitrogen and oxygen atoms in total. The van der Waals surface area contributed by atoms with E-state index in [0.717, 1.165) is 21.3 Å². The second-order valence-corrected chi connectivity index (χ2v) is 6.42. The average Bonchev–Trinajstić information content (AvgIpc) is 2.65. The maximum absolute atomic E-state index is 12.2. The van der Waals surface area contributed by atoms with Crippen molar-refractivity contribution in [1.29, 1.82) is 0 Å². The summed E-state index contributed by atoms with van der Waals surface area (Å²) in [6.07, 6.45) is 3.20. The Kier molecular flexibility index (Phi) is 7.09. The van der Waals surface area contributed by atoms with Crippen molar-refractivity contribution in [2.75, 3.05) is 21.3 Å². The van der Waals surface area contributed by atoms with Gasteiger partial charge < -0.3 is 19.5 Å². The van der Waals surface area contributed by atoms with Crippen molar-refractivity contribution in [2.24, 2.45) is 0 Å². The lowest BCUT2D eigenvalue weighted by Gasteiger charge is -2.14. The van der Waals surface area contributed by atoms with Gasteiger partial charge in [-0.1, -0.05) is 6.07 Å². The van der Waals surface area contributed by atoms with Crippen LogP contribution in [0.1, 0.15) is 24.1 Å². The molecule has 2 aromatic rings. The predicted molar refractivity (Wildman–Crippen MR) is 106 cm³/mol. The summed E-state index contributed by atoms with van der Waals surface area (Å²) in [5, 5.41) is 2.94. The first-order chi connectivity index (χ1) is 12.5. The molecule has 26 heavy (non-hydrogen) atoms. The van der Waals surface area contributed by atoms with Crippen LogP contribution >= 0.6 is 15.9 Å². The SMILES string of the molecule is COc1ccc(/C=C/C(=O)N[C@@H](C)c2ccc(OC)c(Br)c2)c(OC)c1.